The number of fused-ring (bicyclic) bond motifs is 1. The highest BCUT2D eigenvalue weighted by atomic mass is 16.2. The van der Waals surface area contributed by atoms with E-state index in [0.29, 0.717) is 24.6 Å². The summed E-state index contributed by atoms with van der Waals surface area (Å²) in [6, 6.07) is 21.6. The summed E-state index contributed by atoms with van der Waals surface area (Å²) in [5.41, 5.74) is 4.69. The lowest BCUT2D eigenvalue weighted by atomic mass is 10.1. The van der Waals surface area contributed by atoms with E-state index in [1.807, 2.05) is 48.5 Å². The first-order valence-electron chi connectivity index (χ1n) is 11.5. The summed E-state index contributed by atoms with van der Waals surface area (Å²) < 4.78 is 0. The third-order valence-electron chi connectivity index (χ3n) is 6.07. The first-order chi connectivity index (χ1) is 17.1. The van der Waals surface area contributed by atoms with Crippen molar-refractivity contribution in [1.29, 1.82) is 5.26 Å². The van der Waals surface area contributed by atoms with Gasteiger partial charge in [-0.2, -0.15) is 10.4 Å². The summed E-state index contributed by atoms with van der Waals surface area (Å²) >= 11 is 0. The first-order valence-corrected chi connectivity index (χ1v) is 11.5. The number of carbonyl (C=O) groups is 1. The Morgan fingerprint density at radius 2 is 1.97 bits per heavy atom. The lowest BCUT2D eigenvalue weighted by Crippen LogP contribution is -2.32. The van der Waals surface area contributed by atoms with Crippen LogP contribution < -0.4 is 10.6 Å². The topological polar surface area (TPSA) is 110 Å². The molecule has 1 fully saturated rings. The molecule has 1 aliphatic heterocycles. The number of rotatable bonds is 6. The van der Waals surface area contributed by atoms with Gasteiger partial charge in [0, 0.05) is 31.0 Å². The molecule has 5 rings (SSSR count). The summed E-state index contributed by atoms with van der Waals surface area (Å²) in [4.78, 5) is 19.1. The van der Waals surface area contributed by atoms with E-state index in [9.17, 15) is 10.1 Å². The molecular formula is C27H25N7O. The fraction of sp³-hybridized carbons (Fsp3) is 0.185. The van der Waals surface area contributed by atoms with Crippen LogP contribution in [-0.4, -0.2) is 45.1 Å². The van der Waals surface area contributed by atoms with Gasteiger partial charge >= 0.3 is 0 Å². The summed E-state index contributed by atoms with van der Waals surface area (Å²) in [6.45, 7) is 3.11. The van der Waals surface area contributed by atoms with Crippen LogP contribution in [0.4, 0.5) is 17.2 Å². The number of nitrogens with zero attached hydrogens (tertiary/aromatic N) is 4. The van der Waals surface area contributed by atoms with E-state index >= 15 is 0 Å². The molecule has 0 aliphatic carbocycles. The van der Waals surface area contributed by atoms with Crippen molar-refractivity contribution in [2.75, 3.05) is 23.7 Å². The second kappa shape index (κ2) is 9.69. The van der Waals surface area contributed by atoms with Crippen LogP contribution in [0.25, 0.3) is 17.1 Å². The van der Waals surface area contributed by atoms with Gasteiger partial charge in [0.2, 0.25) is 0 Å². The van der Waals surface area contributed by atoms with Crippen LogP contribution >= 0.6 is 0 Å². The third-order valence-corrected chi connectivity index (χ3v) is 6.07. The number of likely N-dealkylation sites (tertiary alicyclic amines) is 1. The number of hydrogen-bond donors (Lipinski definition) is 3. The minimum Gasteiger partial charge on any atom is -0.363 e. The van der Waals surface area contributed by atoms with Crippen LogP contribution in [0, 0.1) is 18.3 Å². The molecule has 2 aromatic carbocycles. The minimum absolute atomic E-state index is 0.00884. The maximum Gasteiger partial charge on any atom is 0.264 e. The predicted molar refractivity (Wildman–Crippen MR) is 137 cm³/mol. The molecule has 1 aliphatic rings. The summed E-state index contributed by atoms with van der Waals surface area (Å²) in [5, 5.41) is 24.8. The molecule has 35 heavy (non-hydrogen) atoms. The first kappa shape index (κ1) is 22.2. The molecule has 174 valence electrons. The van der Waals surface area contributed by atoms with Crippen molar-refractivity contribution in [3.63, 3.8) is 0 Å². The standard InChI is InChI=1S/C27H25N7O/c1-18-7-9-21(10-8-18)30-23-11-13-29-25-24(23)26(33-32-25)31-22-12-14-34(17-22)27(35)20(16-28)15-19-5-3-2-4-6-19/h2-11,13,15,22H,12,14,17H2,1H3,(H3,29,30,31,32,33)/b20-15+/t22-/m1/s1. The smallest absolute Gasteiger partial charge is 0.264 e. The number of benzene rings is 2. The number of amides is 1. The zero-order chi connectivity index (χ0) is 24.2. The van der Waals surface area contributed by atoms with E-state index in [0.717, 1.165) is 28.7 Å². The molecular weight excluding hydrogens is 438 g/mol. The number of pyridine rings is 1. The quantitative estimate of drug-likeness (QED) is 0.284. The summed E-state index contributed by atoms with van der Waals surface area (Å²) in [6.07, 6.45) is 4.13. The number of aromatic amines is 1. The van der Waals surface area contributed by atoms with Crippen molar-refractivity contribution in [1.82, 2.24) is 20.1 Å². The Morgan fingerprint density at radius 3 is 2.74 bits per heavy atom. The lowest BCUT2D eigenvalue weighted by molar-refractivity contribution is -0.125. The van der Waals surface area contributed by atoms with Gasteiger partial charge in [0.15, 0.2) is 11.5 Å². The Balaban J connectivity index is 1.31. The van der Waals surface area contributed by atoms with Crippen LogP contribution in [0.5, 0.6) is 0 Å². The summed E-state index contributed by atoms with van der Waals surface area (Å²) in [7, 11) is 0. The van der Waals surface area contributed by atoms with Gasteiger partial charge in [-0.25, -0.2) is 4.98 Å². The molecule has 1 saturated heterocycles. The fourth-order valence-electron chi connectivity index (χ4n) is 4.24. The van der Waals surface area contributed by atoms with Gasteiger partial charge in [-0.1, -0.05) is 48.0 Å². The van der Waals surface area contributed by atoms with Crippen LogP contribution in [0.2, 0.25) is 0 Å². The van der Waals surface area contributed by atoms with E-state index in [-0.39, 0.29) is 17.5 Å². The highest BCUT2D eigenvalue weighted by Gasteiger charge is 2.29. The molecule has 0 radical (unpaired) electrons. The SMILES string of the molecule is Cc1ccc(Nc2ccnc3[nH]nc(N[C@@H]4CCN(C(=O)/C(C#N)=C/c5ccccc5)C4)c23)cc1. The molecule has 1 atom stereocenters. The van der Waals surface area contributed by atoms with Gasteiger partial charge in [0.1, 0.15) is 11.6 Å². The maximum atomic E-state index is 13.0. The molecule has 8 heteroatoms. The van der Waals surface area contributed by atoms with Gasteiger partial charge in [0.25, 0.3) is 5.91 Å². The lowest BCUT2D eigenvalue weighted by Gasteiger charge is -2.17. The molecule has 8 nitrogen and oxygen atoms in total. The van der Waals surface area contributed by atoms with Crippen molar-refractivity contribution in [2.45, 2.75) is 19.4 Å². The highest BCUT2D eigenvalue weighted by molar-refractivity contribution is 6.02. The van der Waals surface area contributed by atoms with E-state index in [1.54, 1.807) is 17.2 Å². The molecule has 0 saturated carbocycles. The van der Waals surface area contributed by atoms with Gasteiger partial charge in [-0.15, -0.1) is 0 Å². The molecule has 1 amide bonds. The molecule has 4 aromatic rings. The zero-order valence-electron chi connectivity index (χ0n) is 19.3. The fourth-order valence-corrected chi connectivity index (χ4v) is 4.24. The van der Waals surface area contributed by atoms with Crippen molar-refractivity contribution < 1.29 is 4.79 Å². The van der Waals surface area contributed by atoms with E-state index in [4.69, 9.17) is 0 Å². The average molecular weight is 464 g/mol. The third kappa shape index (κ3) is 4.84. The van der Waals surface area contributed by atoms with Crippen molar-refractivity contribution >= 4 is 40.2 Å². The Labute approximate surface area is 203 Å². The second-order valence-electron chi connectivity index (χ2n) is 8.61. The molecule has 2 aromatic heterocycles. The van der Waals surface area contributed by atoms with Crippen molar-refractivity contribution in [3.05, 3.63) is 83.6 Å². The molecule has 0 bridgehead atoms. The van der Waals surface area contributed by atoms with Crippen molar-refractivity contribution in [3.8, 4) is 6.07 Å². The van der Waals surface area contributed by atoms with Gasteiger partial charge in [-0.3, -0.25) is 9.89 Å². The number of carbonyl (C=O) groups excluding carboxylic acids is 1. The van der Waals surface area contributed by atoms with Crippen LogP contribution in [0.15, 0.2) is 72.4 Å². The minimum atomic E-state index is -0.254. The zero-order valence-corrected chi connectivity index (χ0v) is 19.3. The van der Waals surface area contributed by atoms with E-state index in [2.05, 4.69) is 50.9 Å². The summed E-state index contributed by atoms with van der Waals surface area (Å²) in [5.74, 6) is 0.429. The molecule has 3 heterocycles. The molecule has 0 unspecified atom stereocenters. The number of hydrogen-bond acceptors (Lipinski definition) is 6. The number of nitriles is 1. The van der Waals surface area contributed by atoms with E-state index in [1.165, 1.54) is 5.56 Å². The Hall–Kier alpha value is -4.64. The van der Waals surface area contributed by atoms with Crippen LogP contribution in [-0.2, 0) is 4.79 Å². The molecule has 3 N–H and O–H groups in total. The van der Waals surface area contributed by atoms with Crippen LogP contribution in [0.1, 0.15) is 17.5 Å². The number of nitrogens with one attached hydrogen (secondary N) is 3. The van der Waals surface area contributed by atoms with Gasteiger partial charge < -0.3 is 15.5 Å². The largest absolute Gasteiger partial charge is 0.363 e. The number of aromatic nitrogens is 3. The van der Waals surface area contributed by atoms with Gasteiger partial charge in [-0.05, 0) is 43.2 Å². The maximum absolute atomic E-state index is 13.0. The predicted octanol–water partition coefficient (Wildman–Crippen LogP) is 4.63. The van der Waals surface area contributed by atoms with Crippen LogP contribution in [0.3, 0.4) is 0 Å². The normalized spacial score (nSPS) is 15.7. The number of anilines is 3. The Bertz CT molecular complexity index is 1420. The number of H-pyrrole nitrogens is 1. The monoisotopic (exact) mass is 463 g/mol. The average Bonchev–Trinajstić information content (AvgIpc) is 3.52. The number of aryl methyl sites for hydroxylation is 1. The van der Waals surface area contributed by atoms with Gasteiger partial charge in [0.05, 0.1) is 11.1 Å². The highest BCUT2D eigenvalue weighted by Crippen LogP contribution is 2.31. The Kier molecular flexibility index (Phi) is 6.14. The second-order valence-corrected chi connectivity index (χ2v) is 8.61. The molecule has 0 spiro atoms. The Morgan fingerprint density at radius 1 is 1.17 bits per heavy atom. The van der Waals surface area contributed by atoms with Crippen molar-refractivity contribution in [2.24, 2.45) is 0 Å². The van der Waals surface area contributed by atoms with E-state index < -0.39 is 0 Å².